The van der Waals surface area contributed by atoms with Gasteiger partial charge in [0, 0.05) is 24.2 Å². The van der Waals surface area contributed by atoms with Crippen molar-refractivity contribution in [3.05, 3.63) is 23.5 Å². The number of pyridine rings is 1. The standard InChI is InChI=1S/C16H22ClN7S/c1-9(6-18)10-3-5-24(8-10)12-7-22-16(15(20)23-12)25-11-2-4-21-14(19)13(11)17/h2,4,7,9-10H,3,5-6,8,18H2,1H3,(H2,19,21)(H2,20,23). The number of halogens is 1. The minimum Gasteiger partial charge on any atom is -0.382 e. The van der Waals surface area contributed by atoms with E-state index in [1.807, 2.05) is 0 Å². The van der Waals surface area contributed by atoms with Gasteiger partial charge in [0.25, 0.3) is 0 Å². The molecule has 9 heteroatoms. The molecule has 0 bridgehead atoms. The van der Waals surface area contributed by atoms with Crippen molar-refractivity contribution >= 4 is 40.8 Å². The van der Waals surface area contributed by atoms with Crippen LogP contribution in [0.4, 0.5) is 17.5 Å². The minimum atomic E-state index is 0.284. The van der Waals surface area contributed by atoms with Gasteiger partial charge in [-0.1, -0.05) is 30.3 Å². The van der Waals surface area contributed by atoms with Crippen LogP contribution in [-0.2, 0) is 0 Å². The van der Waals surface area contributed by atoms with Gasteiger partial charge >= 0.3 is 0 Å². The number of hydrogen-bond donors (Lipinski definition) is 3. The lowest BCUT2D eigenvalue weighted by molar-refractivity contribution is 0.399. The molecule has 0 aromatic carbocycles. The van der Waals surface area contributed by atoms with Crippen molar-refractivity contribution in [1.29, 1.82) is 0 Å². The Morgan fingerprint density at radius 1 is 1.36 bits per heavy atom. The van der Waals surface area contributed by atoms with Crippen LogP contribution in [0.25, 0.3) is 0 Å². The number of anilines is 3. The summed E-state index contributed by atoms with van der Waals surface area (Å²) in [5, 5.41) is 0.998. The van der Waals surface area contributed by atoms with Crippen LogP contribution in [0.3, 0.4) is 0 Å². The number of nitrogens with zero attached hydrogens (tertiary/aromatic N) is 4. The zero-order valence-corrected chi connectivity index (χ0v) is 15.6. The topological polar surface area (TPSA) is 120 Å². The lowest BCUT2D eigenvalue weighted by Gasteiger charge is -2.20. The van der Waals surface area contributed by atoms with Crippen LogP contribution in [0, 0.1) is 11.8 Å². The maximum Gasteiger partial charge on any atom is 0.158 e. The van der Waals surface area contributed by atoms with Gasteiger partial charge in [0.2, 0.25) is 0 Å². The van der Waals surface area contributed by atoms with E-state index in [2.05, 4.69) is 26.8 Å². The van der Waals surface area contributed by atoms with E-state index in [1.54, 1.807) is 18.5 Å². The second kappa shape index (κ2) is 7.63. The summed E-state index contributed by atoms with van der Waals surface area (Å²) < 4.78 is 0. The van der Waals surface area contributed by atoms with Gasteiger partial charge in [-0.2, -0.15) is 0 Å². The first-order valence-electron chi connectivity index (χ1n) is 8.15. The van der Waals surface area contributed by atoms with Gasteiger partial charge in [0.1, 0.15) is 16.7 Å². The van der Waals surface area contributed by atoms with Gasteiger partial charge in [-0.15, -0.1) is 0 Å². The predicted molar refractivity (Wildman–Crippen MR) is 103 cm³/mol. The third-order valence-corrected chi connectivity index (χ3v) is 6.14. The van der Waals surface area contributed by atoms with Crippen molar-refractivity contribution in [2.75, 3.05) is 36.0 Å². The molecule has 134 valence electrons. The number of rotatable bonds is 5. The number of aromatic nitrogens is 3. The SMILES string of the molecule is CC(CN)C1CCN(c2cnc(Sc3ccnc(N)c3Cl)c(N)n2)C1. The molecule has 1 aliphatic heterocycles. The van der Waals surface area contributed by atoms with Gasteiger partial charge in [-0.25, -0.2) is 15.0 Å². The Labute approximate surface area is 156 Å². The molecule has 3 heterocycles. The largest absolute Gasteiger partial charge is 0.382 e. The first kappa shape index (κ1) is 18.0. The molecule has 1 fully saturated rings. The second-order valence-corrected chi connectivity index (χ2v) is 7.65. The predicted octanol–water partition coefficient (Wildman–Crippen LogP) is 2.26. The Hall–Kier alpha value is -1.77. The molecule has 0 spiro atoms. The van der Waals surface area contributed by atoms with Crippen LogP contribution in [0.5, 0.6) is 0 Å². The molecule has 0 amide bonds. The van der Waals surface area contributed by atoms with Crippen LogP contribution < -0.4 is 22.1 Å². The van der Waals surface area contributed by atoms with Crippen molar-refractivity contribution in [1.82, 2.24) is 15.0 Å². The highest BCUT2D eigenvalue weighted by Gasteiger charge is 2.27. The molecule has 25 heavy (non-hydrogen) atoms. The number of hydrogen-bond acceptors (Lipinski definition) is 8. The summed E-state index contributed by atoms with van der Waals surface area (Å²) in [6, 6.07) is 1.78. The molecule has 0 saturated carbocycles. The Morgan fingerprint density at radius 2 is 2.16 bits per heavy atom. The number of nitrogens with two attached hydrogens (primary N) is 3. The van der Waals surface area contributed by atoms with E-state index < -0.39 is 0 Å². The van der Waals surface area contributed by atoms with Crippen LogP contribution in [-0.4, -0.2) is 34.6 Å². The van der Waals surface area contributed by atoms with Gasteiger partial charge in [-0.05, 0) is 30.9 Å². The molecular weight excluding hydrogens is 358 g/mol. The average Bonchev–Trinajstić information content (AvgIpc) is 3.10. The van der Waals surface area contributed by atoms with E-state index in [9.17, 15) is 0 Å². The quantitative estimate of drug-likeness (QED) is 0.723. The lowest BCUT2D eigenvalue weighted by Crippen LogP contribution is -2.26. The van der Waals surface area contributed by atoms with E-state index >= 15 is 0 Å². The molecule has 1 aliphatic rings. The van der Waals surface area contributed by atoms with Gasteiger partial charge in [0.05, 0.1) is 11.2 Å². The van der Waals surface area contributed by atoms with E-state index in [0.29, 0.717) is 34.2 Å². The first-order valence-corrected chi connectivity index (χ1v) is 9.34. The van der Waals surface area contributed by atoms with Crippen LogP contribution in [0.1, 0.15) is 13.3 Å². The molecule has 7 nitrogen and oxygen atoms in total. The van der Waals surface area contributed by atoms with Crippen molar-refractivity contribution in [3.8, 4) is 0 Å². The Balaban J connectivity index is 1.74. The average molecular weight is 380 g/mol. The lowest BCUT2D eigenvalue weighted by atomic mass is 9.94. The Bertz CT molecular complexity index is 757. The molecule has 6 N–H and O–H groups in total. The monoisotopic (exact) mass is 379 g/mol. The molecule has 2 unspecified atom stereocenters. The van der Waals surface area contributed by atoms with Gasteiger partial charge in [-0.3, -0.25) is 0 Å². The van der Waals surface area contributed by atoms with Crippen LogP contribution >= 0.6 is 23.4 Å². The summed E-state index contributed by atoms with van der Waals surface area (Å²) in [7, 11) is 0. The maximum atomic E-state index is 6.17. The maximum absolute atomic E-state index is 6.17. The fraction of sp³-hybridized carbons (Fsp3) is 0.438. The smallest absolute Gasteiger partial charge is 0.158 e. The first-order chi connectivity index (χ1) is 12.0. The highest BCUT2D eigenvalue weighted by molar-refractivity contribution is 7.99. The molecule has 3 rings (SSSR count). The fourth-order valence-electron chi connectivity index (χ4n) is 2.89. The van der Waals surface area contributed by atoms with E-state index in [1.165, 1.54) is 11.8 Å². The highest BCUT2D eigenvalue weighted by Crippen LogP contribution is 2.37. The molecule has 2 aromatic heterocycles. The number of nitrogen functional groups attached to an aromatic ring is 2. The summed E-state index contributed by atoms with van der Waals surface area (Å²) in [6.45, 7) is 4.78. The van der Waals surface area contributed by atoms with Crippen molar-refractivity contribution < 1.29 is 0 Å². The third-order valence-electron chi connectivity index (χ3n) is 4.56. The fourth-order valence-corrected chi connectivity index (χ4v) is 3.90. The molecule has 2 atom stereocenters. The Morgan fingerprint density at radius 3 is 2.88 bits per heavy atom. The minimum absolute atomic E-state index is 0.284. The van der Waals surface area contributed by atoms with Crippen LogP contribution in [0.2, 0.25) is 5.02 Å². The highest BCUT2D eigenvalue weighted by atomic mass is 35.5. The molecule has 1 saturated heterocycles. The molecule has 0 aliphatic carbocycles. The van der Waals surface area contributed by atoms with E-state index in [-0.39, 0.29) is 5.82 Å². The van der Waals surface area contributed by atoms with E-state index in [0.717, 1.165) is 30.2 Å². The van der Waals surface area contributed by atoms with Crippen LogP contribution in [0.15, 0.2) is 28.4 Å². The second-order valence-electron chi connectivity index (χ2n) is 6.24. The Kier molecular flexibility index (Phi) is 5.51. The molecular formula is C16H22ClN7S. The van der Waals surface area contributed by atoms with Crippen molar-refractivity contribution in [2.45, 2.75) is 23.3 Å². The van der Waals surface area contributed by atoms with Crippen molar-refractivity contribution in [2.24, 2.45) is 17.6 Å². The van der Waals surface area contributed by atoms with E-state index in [4.69, 9.17) is 28.8 Å². The summed E-state index contributed by atoms with van der Waals surface area (Å²) in [5.74, 6) is 2.55. The normalized spacial score (nSPS) is 18.5. The zero-order chi connectivity index (χ0) is 18.0. The molecule has 2 aromatic rings. The third kappa shape index (κ3) is 3.91. The summed E-state index contributed by atoms with van der Waals surface area (Å²) in [5.41, 5.74) is 17.6. The summed E-state index contributed by atoms with van der Waals surface area (Å²) >= 11 is 7.50. The zero-order valence-electron chi connectivity index (χ0n) is 14.0. The van der Waals surface area contributed by atoms with Gasteiger partial charge < -0.3 is 22.1 Å². The molecule has 0 radical (unpaired) electrons. The van der Waals surface area contributed by atoms with Crippen molar-refractivity contribution in [3.63, 3.8) is 0 Å². The van der Waals surface area contributed by atoms with Gasteiger partial charge in [0.15, 0.2) is 5.82 Å². The summed E-state index contributed by atoms with van der Waals surface area (Å²) in [6.07, 6.45) is 4.47. The summed E-state index contributed by atoms with van der Waals surface area (Å²) in [4.78, 5) is 15.9.